The zero-order valence-corrected chi connectivity index (χ0v) is 14.8. The Bertz CT molecular complexity index is 617. The monoisotopic (exact) mass is 332 g/mol. The number of rotatable bonds is 7. The maximum Gasteiger partial charge on any atom is 0.248 e. The average Bonchev–Trinajstić information content (AvgIpc) is 3.24. The van der Waals surface area contributed by atoms with E-state index in [1.54, 1.807) is 0 Å². The predicted octanol–water partition coefficient (Wildman–Crippen LogP) is 2.80. The second-order valence-corrected chi connectivity index (χ2v) is 7.47. The minimum atomic E-state index is -0.473. The molecule has 0 spiro atoms. The lowest BCUT2D eigenvalue weighted by molar-refractivity contribution is -0.125. The summed E-state index contributed by atoms with van der Waals surface area (Å²) in [5, 5.41) is 10.2. The van der Waals surface area contributed by atoms with Crippen LogP contribution in [0.15, 0.2) is 6.07 Å². The van der Waals surface area contributed by atoms with Crippen molar-refractivity contribution in [3.63, 3.8) is 0 Å². The van der Waals surface area contributed by atoms with Gasteiger partial charge in [-0.1, -0.05) is 19.3 Å². The molecule has 2 amide bonds. The van der Waals surface area contributed by atoms with Gasteiger partial charge in [-0.2, -0.15) is 5.10 Å². The lowest BCUT2D eigenvalue weighted by Gasteiger charge is -2.29. The first-order valence-corrected chi connectivity index (χ1v) is 9.08. The van der Waals surface area contributed by atoms with Gasteiger partial charge in [0.05, 0.1) is 6.04 Å². The average molecular weight is 332 g/mol. The summed E-state index contributed by atoms with van der Waals surface area (Å²) in [6, 6.07) is 1.81. The van der Waals surface area contributed by atoms with Crippen LogP contribution in [-0.4, -0.2) is 27.6 Å². The first-order chi connectivity index (χ1) is 11.4. The Labute approximate surface area is 143 Å². The third-order valence-corrected chi connectivity index (χ3v) is 5.35. The lowest BCUT2D eigenvalue weighted by atomic mass is 9.80. The van der Waals surface area contributed by atoms with Crippen molar-refractivity contribution in [1.29, 1.82) is 0 Å². The van der Waals surface area contributed by atoms with E-state index in [0.29, 0.717) is 30.1 Å². The molecule has 2 atom stereocenters. The Kier molecular flexibility index (Phi) is 4.92. The largest absolute Gasteiger partial charge is 0.345 e. The van der Waals surface area contributed by atoms with Gasteiger partial charge in [-0.25, -0.2) is 0 Å². The highest BCUT2D eigenvalue weighted by Crippen LogP contribution is 2.39. The summed E-state index contributed by atoms with van der Waals surface area (Å²) in [5.74, 6) is 1.49. The minimum Gasteiger partial charge on any atom is -0.345 e. The normalized spacial score (nSPS) is 20.1. The van der Waals surface area contributed by atoms with Crippen molar-refractivity contribution in [2.75, 3.05) is 5.32 Å². The molecule has 2 saturated carbocycles. The summed E-state index contributed by atoms with van der Waals surface area (Å²) in [7, 11) is 0. The zero-order valence-electron chi connectivity index (χ0n) is 14.8. The quantitative estimate of drug-likeness (QED) is 0.806. The van der Waals surface area contributed by atoms with E-state index in [2.05, 4.69) is 22.7 Å². The molecule has 1 aromatic rings. The van der Waals surface area contributed by atoms with Crippen LogP contribution in [0.4, 0.5) is 5.82 Å². The van der Waals surface area contributed by atoms with E-state index in [1.165, 1.54) is 26.2 Å². The highest BCUT2D eigenvalue weighted by Gasteiger charge is 2.31. The number of carbonyl (C=O) groups excluding carboxylic acids is 2. The van der Waals surface area contributed by atoms with Crippen LogP contribution in [0.1, 0.15) is 64.1 Å². The molecule has 0 saturated heterocycles. The number of hydrogen-bond acceptors (Lipinski definition) is 3. The summed E-state index contributed by atoms with van der Waals surface area (Å²) in [4.78, 5) is 24.0. The molecule has 0 radical (unpaired) electrons. The molecule has 24 heavy (non-hydrogen) atoms. The highest BCUT2D eigenvalue weighted by molar-refractivity contribution is 5.96. The van der Waals surface area contributed by atoms with Crippen molar-refractivity contribution in [1.82, 2.24) is 15.1 Å². The van der Waals surface area contributed by atoms with E-state index in [-0.39, 0.29) is 11.8 Å². The summed E-state index contributed by atoms with van der Waals surface area (Å²) >= 11 is 0. The van der Waals surface area contributed by atoms with Crippen molar-refractivity contribution in [3.05, 3.63) is 11.8 Å². The van der Waals surface area contributed by atoms with E-state index in [4.69, 9.17) is 0 Å². The van der Waals surface area contributed by atoms with E-state index >= 15 is 0 Å². The third-order valence-electron chi connectivity index (χ3n) is 5.35. The van der Waals surface area contributed by atoms with Crippen LogP contribution < -0.4 is 10.6 Å². The van der Waals surface area contributed by atoms with Crippen molar-refractivity contribution >= 4 is 17.6 Å². The van der Waals surface area contributed by atoms with Gasteiger partial charge < -0.3 is 10.6 Å². The van der Waals surface area contributed by atoms with Gasteiger partial charge >= 0.3 is 0 Å². The van der Waals surface area contributed by atoms with Crippen LogP contribution in [0.25, 0.3) is 0 Å². The number of amides is 2. The van der Waals surface area contributed by atoms with Gasteiger partial charge in [0.25, 0.3) is 0 Å². The first-order valence-electron chi connectivity index (χ1n) is 9.08. The molecule has 2 fully saturated rings. The minimum absolute atomic E-state index is 0.166. The zero-order chi connectivity index (χ0) is 17.3. The molecule has 2 aliphatic rings. The molecular weight excluding hydrogens is 304 g/mol. The highest BCUT2D eigenvalue weighted by atomic mass is 16.2. The smallest absolute Gasteiger partial charge is 0.248 e. The summed E-state index contributed by atoms with van der Waals surface area (Å²) < 4.78 is 2.01. The fraction of sp³-hybridized carbons (Fsp3) is 0.722. The molecule has 6 nitrogen and oxygen atoms in total. The Morgan fingerprint density at radius 1 is 1.33 bits per heavy atom. The number of nitrogens with one attached hydrogen (secondary N) is 2. The molecule has 6 heteroatoms. The van der Waals surface area contributed by atoms with Gasteiger partial charge in [0, 0.05) is 18.7 Å². The third kappa shape index (κ3) is 3.97. The van der Waals surface area contributed by atoms with Crippen molar-refractivity contribution < 1.29 is 9.59 Å². The van der Waals surface area contributed by atoms with E-state index in [9.17, 15) is 9.59 Å². The Morgan fingerprint density at radius 2 is 2.04 bits per heavy atom. The Hall–Kier alpha value is -1.85. The number of carbonyl (C=O) groups is 2. The van der Waals surface area contributed by atoms with Gasteiger partial charge in [0.15, 0.2) is 5.82 Å². The Morgan fingerprint density at radius 3 is 2.58 bits per heavy atom. The molecule has 0 bridgehead atoms. The number of aryl methyl sites for hydroxylation is 1. The molecule has 0 aliphatic heterocycles. The summed E-state index contributed by atoms with van der Waals surface area (Å²) in [6.07, 6.45) is 6.75. The van der Waals surface area contributed by atoms with Crippen LogP contribution in [0.2, 0.25) is 0 Å². The van der Waals surface area contributed by atoms with E-state index in [0.717, 1.165) is 18.5 Å². The second kappa shape index (κ2) is 6.95. The number of anilines is 1. The van der Waals surface area contributed by atoms with Crippen LogP contribution in [0.5, 0.6) is 0 Å². The van der Waals surface area contributed by atoms with Gasteiger partial charge in [0.2, 0.25) is 11.8 Å². The predicted molar refractivity (Wildman–Crippen MR) is 92.6 cm³/mol. The van der Waals surface area contributed by atoms with Crippen molar-refractivity contribution in [3.8, 4) is 0 Å². The maximum atomic E-state index is 12.6. The molecule has 132 valence electrons. The number of hydrogen-bond donors (Lipinski definition) is 2. The molecule has 1 aromatic heterocycles. The summed E-state index contributed by atoms with van der Waals surface area (Å²) in [5.41, 5.74) is 1.06. The maximum absolute atomic E-state index is 12.6. The molecular formula is C18H28N4O2. The number of nitrogens with zero attached hydrogens (tertiary/aromatic N) is 2. The van der Waals surface area contributed by atoms with Crippen LogP contribution in [0, 0.1) is 18.8 Å². The molecule has 3 rings (SSSR count). The first kappa shape index (κ1) is 17.0. The van der Waals surface area contributed by atoms with Gasteiger partial charge in [-0.05, 0) is 44.9 Å². The van der Waals surface area contributed by atoms with Gasteiger partial charge in [-0.15, -0.1) is 0 Å². The van der Waals surface area contributed by atoms with Crippen molar-refractivity contribution in [2.24, 2.45) is 11.8 Å². The lowest BCUT2D eigenvalue weighted by Crippen LogP contribution is -2.44. The van der Waals surface area contributed by atoms with Gasteiger partial charge in [0.1, 0.15) is 6.04 Å². The van der Waals surface area contributed by atoms with Crippen LogP contribution >= 0.6 is 0 Å². The standard InChI is InChI=1S/C18H28N4O2/c1-11-9-17(21-22(11)12(2)15-7-8-15)20-18(24)16(19-13(3)23)10-14-5-4-6-14/h9,12,14-16H,4-8,10H2,1-3H3,(H,19,23)(H,20,21,24)/t12?,16-/m1/s1. The summed E-state index contributed by atoms with van der Waals surface area (Å²) in [6.45, 7) is 5.65. The van der Waals surface area contributed by atoms with Crippen molar-refractivity contribution in [2.45, 2.75) is 71.4 Å². The van der Waals surface area contributed by atoms with Crippen LogP contribution in [0.3, 0.4) is 0 Å². The molecule has 2 aliphatic carbocycles. The fourth-order valence-electron chi connectivity index (χ4n) is 3.49. The topological polar surface area (TPSA) is 76.0 Å². The van der Waals surface area contributed by atoms with Crippen LogP contribution in [-0.2, 0) is 9.59 Å². The molecule has 1 heterocycles. The van der Waals surface area contributed by atoms with E-state index in [1.807, 2.05) is 17.7 Å². The SMILES string of the molecule is CC(=O)N[C@H](CC1CCC1)C(=O)Nc1cc(C)n(C(C)C2CC2)n1. The second-order valence-electron chi connectivity index (χ2n) is 7.47. The fourth-order valence-corrected chi connectivity index (χ4v) is 3.49. The van der Waals surface area contributed by atoms with E-state index < -0.39 is 6.04 Å². The van der Waals surface area contributed by atoms with Gasteiger partial charge in [-0.3, -0.25) is 14.3 Å². The molecule has 0 aromatic carbocycles. The molecule has 1 unspecified atom stereocenters. The Balaban J connectivity index is 1.64. The molecule has 2 N–H and O–H groups in total. The number of aromatic nitrogens is 2.